The van der Waals surface area contributed by atoms with E-state index in [4.69, 9.17) is 9.47 Å². The fourth-order valence-corrected chi connectivity index (χ4v) is 1.49. The van der Waals surface area contributed by atoms with Crippen molar-refractivity contribution in [1.29, 1.82) is 0 Å². The molecule has 0 amide bonds. The predicted molar refractivity (Wildman–Crippen MR) is 52.4 cm³/mol. The van der Waals surface area contributed by atoms with Crippen LogP contribution in [0.4, 0.5) is 0 Å². The third-order valence-electron chi connectivity index (χ3n) is 2.25. The van der Waals surface area contributed by atoms with Crippen molar-refractivity contribution >= 4 is 0 Å². The molecule has 4 heteroatoms. The minimum Gasteiger partial charge on any atom is -0.497 e. The van der Waals surface area contributed by atoms with Gasteiger partial charge in [-0.1, -0.05) is 0 Å². The van der Waals surface area contributed by atoms with Crippen molar-refractivity contribution in [2.75, 3.05) is 26.8 Å². The van der Waals surface area contributed by atoms with Gasteiger partial charge in [-0.25, -0.2) is 0 Å². The average Bonchev–Trinajstić information content (AvgIpc) is 2.30. The SMILES string of the molecule is COc1ccnc(C2CNCCO2)c1. The Kier molecular flexibility index (Phi) is 2.96. The van der Waals surface area contributed by atoms with Gasteiger partial charge in [-0.15, -0.1) is 0 Å². The Hall–Kier alpha value is -1.13. The van der Waals surface area contributed by atoms with Crippen molar-refractivity contribution in [3.8, 4) is 5.75 Å². The van der Waals surface area contributed by atoms with E-state index in [1.54, 1.807) is 13.3 Å². The molecule has 0 radical (unpaired) electrons. The summed E-state index contributed by atoms with van der Waals surface area (Å²) in [7, 11) is 1.65. The van der Waals surface area contributed by atoms with E-state index in [1.807, 2.05) is 12.1 Å². The van der Waals surface area contributed by atoms with E-state index in [2.05, 4.69) is 10.3 Å². The van der Waals surface area contributed by atoms with Crippen molar-refractivity contribution in [2.24, 2.45) is 0 Å². The highest BCUT2D eigenvalue weighted by atomic mass is 16.5. The van der Waals surface area contributed by atoms with E-state index < -0.39 is 0 Å². The molecule has 1 fully saturated rings. The minimum atomic E-state index is 0.0545. The van der Waals surface area contributed by atoms with Crippen LogP contribution in [-0.4, -0.2) is 31.8 Å². The molecule has 1 atom stereocenters. The second-order valence-corrected chi connectivity index (χ2v) is 3.18. The molecular weight excluding hydrogens is 180 g/mol. The number of hydrogen-bond acceptors (Lipinski definition) is 4. The molecule has 0 saturated carbocycles. The first-order valence-corrected chi connectivity index (χ1v) is 4.72. The Labute approximate surface area is 83.2 Å². The van der Waals surface area contributed by atoms with Crippen LogP contribution in [0.25, 0.3) is 0 Å². The summed E-state index contributed by atoms with van der Waals surface area (Å²) in [6.45, 7) is 2.48. The number of aromatic nitrogens is 1. The normalized spacial score (nSPS) is 21.9. The Balaban J connectivity index is 2.13. The zero-order valence-electron chi connectivity index (χ0n) is 8.19. The molecule has 1 aromatic heterocycles. The summed E-state index contributed by atoms with van der Waals surface area (Å²) in [4.78, 5) is 4.27. The summed E-state index contributed by atoms with van der Waals surface area (Å²) in [5.74, 6) is 0.823. The summed E-state index contributed by atoms with van der Waals surface area (Å²) >= 11 is 0. The number of methoxy groups -OCH3 is 1. The zero-order chi connectivity index (χ0) is 9.80. The molecule has 14 heavy (non-hydrogen) atoms. The highest BCUT2D eigenvalue weighted by Crippen LogP contribution is 2.20. The van der Waals surface area contributed by atoms with Crippen LogP contribution in [0.3, 0.4) is 0 Å². The van der Waals surface area contributed by atoms with Gasteiger partial charge in [0, 0.05) is 25.4 Å². The second kappa shape index (κ2) is 4.39. The smallest absolute Gasteiger partial charge is 0.122 e. The molecule has 2 heterocycles. The van der Waals surface area contributed by atoms with E-state index in [-0.39, 0.29) is 6.10 Å². The lowest BCUT2D eigenvalue weighted by atomic mass is 10.2. The van der Waals surface area contributed by atoms with Gasteiger partial charge in [-0.2, -0.15) is 0 Å². The van der Waals surface area contributed by atoms with Crippen LogP contribution in [0, 0.1) is 0 Å². The van der Waals surface area contributed by atoms with Crippen LogP contribution in [0.15, 0.2) is 18.3 Å². The Morgan fingerprint density at radius 2 is 2.57 bits per heavy atom. The topological polar surface area (TPSA) is 43.4 Å². The Bertz CT molecular complexity index is 298. The number of hydrogen-bond donors (Lipinski definition) is 1. The lowest BCUT2D eigenvalue weighted by Gasteiger charge is -2.23. The molecule has 1 saturated heterocycles. The summed E-state index contributed by atoms with van der Waals surface area (Å²) in [5, 5.41) is 3.26. The lowest BCUT2D eigenvalue weighted by Crippen LogP contribution is -2.33. The van der Waals surface area contributed by atoms with Crippen molar-refractivity contribution in [2.45, 2.75) is 6.10 Å². The highest BCUT2D eigenvalue weighted by molar-refractivity contribution is 5.24. The maximum atomic E-state index is 5.58. The second-order valence-electron chi connectivity index (χ2n) is 3.18. The minimum absolute atomic E-state index is 0.0545. The maximum Gasteiger partial charge on any atom is 0.122 e. The van der Waals surface area contributed by atoms with Crippen LogP contribution >= 0.6 is 0 Å². The molecule has 0 spiro atoms. The monoisotopic (exact) mass is 194 g/mol. The first-order valence-electron chi connectivity index (χ1n) is 4.72. The first kappa shape index (κ1) is 9.43. The van der Waals surface area contributed by atoms with Gasteiger partial charge in [0.2, 0.25) is 0 Å². The van der Waals surface area contributed by atoms with E-state index in [9.17, 15) is 0 Å². The molecule has 1 N–H and O–H groups in total. The maximum absolute atomic E-state index is 5.58. The summed E-state index contributed by atoms with van der Waals surface area (Å²) in [6, 6.07) is 3.75. The zero-order valence-corrected chi connectivity index (χ0v) is 8.19. The van der Waals surface area contributed by atoms with Crippen molar-refractivity contribution in [3.05, 3.63) is 24.0 Å². The van der Waals surface area contributed by atoms with Crippen LogP contribution in [0.1, 0.15) is 11.8 Å². The molecule has 0 aromatic carbocycles. The van der Waals surface area contributed by atoms with Gasteiger partial charge in [0.15, 0.2) is 0 Å². The highest BCUT2D eigenvalue weighted by Gasteiger charge is 2.16. The summed E-state index contributed by atoms with van der Waals surface area (Å²) < 4.78 is 10.7. The molecule has 0 aliphatic carbocycles. The lowest BCUT2D eigenvalue weighted by molar-refractivity contribution is 0.0249. The number of pyridine rings is 1. The molecule has 4 nitrogen and oxygen atoms in total. The largest absolute Gasteiger partial charge is 0.497 e. The van der Waals surface area contributed by atoms with Crippen LogP contribution in [-0.2, 0) is 4.74 Å². The third kappa shape index (κ3) is 2.02. The number of rotatable bonds is 2. The van der Waals surface area contributed by atoms with Crippen molar-refractivity contribution < 1.29 is 9.47 Å². The fraction of sp³-hybridized carbons (Fsp3) is 0.500. The van der Waals surface area contributed by atoms with Gasteiger partial charge in [-0.05, 0) is 6.07 Å². The van der Waals surface area contributed by atoms with Gasteiger partial charge in [0.25, 0.3) is 0 Å². The number of nitrogens with one attached hydrogen (secondary N) is 1. The standard InChI is InChI=1S/C10H14N2O2/c1-13-8-2-3-12-9(6-8)10-7-11-4-5-14-10/h2-3,6,10-11H,4-5,7H2,1H3. The fourth-order valence-electron chi connectivity index (χ4n) is 1.49. The van der Waals surface area contributed by atoms with Gasteiger partial charge in [0.05, 0.1) is 19.4 Å². The van der Waals surface area contributed by atoms with Crippen LogP contribution in [0.5, 0.6) is 5.75 Å². The van der Waals surface area contributed by atoms with Gasteiger partial charge >= 0.3 is 0 Å². The van der Waals surface area contributed by atoms with Gasteiger partial charge < -0.3 is 14.8 Å². The molecule has 1 aliphatic heterocycles. The molecule has 1 unspecified atom stereocenters. The van der Waals surface area contributed by atoms with E-state index in [0.29, 0.717) is 0 Å². The van der Waals surface area contributed by atoms with Crippen LogP contribution in [0.2, 0.25) is 0 Å². The van der Waals surface area contributed by atoms with Gasteiger partial charge in [0.1, 0.15) is 11.9 Å². The predicted octanol–water partition coefficient (Wildman–Crippen LogP) is 0.751. The molecule has 0 bridgehead atoms. The van der Waals surface area contributed by atoms with E-state index in [1.165, 1.54) is 0 Å². The quantitative estimate of drug-likeness (QED) is 0.754. The summed E-state index contributed by atoms with van der Waals surface area (Å²) in [5.41, 5.74) is 0.927. The van der Waals surface area contributed by atoms with Crippen LogP contribution < -0.4 is 10.1 Å². The van der Waals surface area contributed by atoms with Gasteiger partial charge in [-0.3, -0.25) is 4.98 Å². The van der Waals surface area contributed by atoms with E-state index >= 15 is 0 Å². The number of nitrogens with zero attached hydrogens (tertiary/aromatic N) is 1. The van der Waals surface area contributed by atoms with Crippen molar-refractivity contribution in [3.63, 3.8) is 0 Å². The average molecular weight is 194 g/mol. The number of ether oxygens (including phenoxy) is 2. The Morgan fingerprint density at radius 1 is 1.64 bits per heavy atom. The van der Waals surface area contributed by atoms with Crippen molar-refractivity contribution in [1.82, 2.24) is 10.3 Å². The molecule has 1 aliphatic rings. The third-order valence-corrected chi connectivity index (χ3v) is 2.25. The Morgan fingerprint density at radius 3 is 3.29 bits per heavy atom. The molecule has 76 valence electrons. The molecular formula is C10H14N2O2. The molecule has 1 aromatic rings. The van der Waals surface area contributed by atoms with E-state index in [0.717, 1.165) is 31.1 Å². The summed E-state index contributed by atoms with van der Waals surface area (Å²) in [6.07, 6.45) is 1.80. The molecule has 2 rings (SSSR count). The number of morpholine rings is 1. The first-order chi connectivity index (χ1) is 6.90.